The Balaban J connectivity index is 2.22. The van der Waals surface area contributed by atoms with Crippen molar-refractivity contribution in [2.45, 2.75) is 6.61 Å². The van der Waals surface area contributed by atoms with Crippen LogP contribution in [0.25, 0.3) is 0 Å². The van der Waals surface area contributed by atoms with E-state index < -0.39 is 10.8 Å². The second-order valence-corrected chi connectivity index (χ2v) is 5.46. The summed E-state index contributed by atoms with van der Waals surface area (Å²) < 4.78 is 24.2. The Morgan fingerprint density at radius 2 is 2.06 bits per heavy atom. The highest BCUT2D eigenvalue weighted by Gasteiger charge is 2.17. The van der Waals surface area contributed by atoms with Gasteiger partial charge in [0.15, 0.2) is 0 Å². The lowest BCUT2D eigenvalue weighted by atomic mass is 10.1. The average molecular weight is 243 g/mol. The number of halogens is 1. The van der Waals surface area contributed by atoms with Gasteiger partial charge in [-0.1, -0.05) is 0 Å². The van der Waals surface area contributed by atoms with Gasteiger partial charge in [0.25, 0.3) is 0 Å². The van der Waals surface area contributed by atoms with Crippen molar-refractivity contribution < 1.29 is 13.7 Å². The second kappa shape index (κ2) is 4.93. The van der Waals surface area contributed by atoms with Crippen LogP contribution in [0.1, 0.15) is 5.56 Å². The molecule has 1 N–H and O–H groups in total. The van der Waals surface area contributed by atoms with Crippen molar-refractivity contribution in [3.05, 3.63) is 29.6 Å². The van der Waals surface area contributed by atoms with Crippen molar-refractivity contribution in [3.8, 4) is 0 Å². The SMILES string of the molecule is O=S1CCN(c2ccc(F)cc2CO)CC1. The number of hydrogen-bond acceptors (Lipinski definition) is 3. The normalized spacial score (nSPS) is 17.8. The van der Waals surface area contributed by atoms with E-state index in [1.54, 1.807) is 6.07 Å². The van der Waals surface area contributed by atoms with Crippen molar-refractivity contribution in [3.63, 3.8) is 0 Å². The number of nitrogens with zero attached hydrogens (tertiary/aromatic N) is 1. The number of aliphatic hydroxyl groups is 1. The van der Waals surface area contributed by atoms with Crippen molar-refractivity contribution in [2.24, 2.45) is 0 Å². The molecule has 0 amide bonds. The maximum atomic E-state index is 13.0. The second-order valence-electron chi connectivity index (χ2n) is 3.77. The van der Waals surface area contributed by atoms with Crippen molar-refractivity contribution >= 4 is 16.5 Å². The zero-order valence-electron chi connectivity index (χ0n) is 8.86. The molecule has 0 radical (unpaired) electrons. The van der Waals surface area contributed by atoms with Crippen LogP contribution in [0.15, 0.2) is 18.2 Å². The highest BCUT2D eigenvalue weighted by Crippen LogP contribution is 2.23. The Kier molecular flexibility index (Phi) is 3.56. The molecule has 88 valence electrons. The van der Waals surface area contributed by atoms with Crippen LogP contribution in [0, 0.1) is 5.82 Å². The zero-order valence-corrected chi connectivity index (χ0v) is 9.67. The molecule has 2 rings (SSSR count). The Bertz CT molecular complexity index is 401. The maximum absolute atomic E-state index is 13.0. The van der Waals surface area contributed by atoms with Gasteiger partial charge in [0.2, 0.25) is 0 Å². The van der Waals surface area contributed by atoms with Gasteiger partial charge >= 0.3 is 0 Å². The van der Waals surface area contributed by atoms with Gasteiger partial charge in [0.1, 0.15) is 5.82 Å². The summed E-state index contributed by atoms with van der Waals surface area (Å²) in [6.45, 7) is 1.23. The smallest absolute Gasteiger partial charge is 0.123 e. The standard InChI is InChI=1S/C11H14FNO2S/c12-10-1-2-11(9(7-10)8-14)13-3-5-16(15)6-4-13/h1-2,7,14H,3-6,8H2. The molecular formula is C11H14FNO2S. The predicted molar refractivity (Wildman–Crippen MR) is 62.4 cm³/mol. The first-order valence-corrected chi connectivity index (χ1v) is 6.68. The summed E-state index contributed by atoms with van der Waals surface area (Å²) >= 11 is 0. The quantitative estimate of drug-likeness (QED) is 0.838. The number of anilines is 1. The molecule has 0 saturated carbocycles. The Morgan fingerprint density at radius 1 is 1.38 bits per heavy atom. The van der Waals surface area contributed by atoms with Gasteiger partial charge in [0.05, 0.1) is 6.61 Å². The first-order chi connectivity index (χ1) is 7.70. The molecule has 1 aliphatic heterocycles. The third-order valence-electron chi connectivity index (χ3n) is 2.73. The van der Waals surface area contributed by atoms with Gasteiger partial charge in [-0.15, -0.1) is 0 Å². The van der Waals surface area contributed by atoms with Crippen molar-refractivity contribution in [2.75, 3.05) is 29.5 Å². The fraction of sp³-hybridized carbons (Fsp3) is 0.455. The Morgan fingerprint density at radius 3 is 2.69 bits per heavy atom. The van der Waals surface area contributed by atoms with Crippen molar-refractivity contribution in [1.29, 1.82) is 0 Å². The summed E-state index contributed by atoms with van der Waals surface area (Å²) in [5.41, 5.74) is 1.44. The molecule has 0 unspecified atom stereocenters. The molecule has 0 atom stereocenters. The monoisotopic (exact) mass is 243 g/mol. The average Bonchev–Trinajstić information content (AvgIpc) is 2.30. The number of benzene rings is 1. The van der Waals surface area contributed by atoms with E-state index in [2.05, 4.69) is 0 Å². The van der Waals surface area contributed by atoms with Gasteiger partial charge < -0.3 is 10.0 Å². The summed E-state index contributed by atoms with van der Waals surface area (Å²) in [7, 11) is -0.726. The molecule has 16 heavy (non-hydrogen) atoms. The van der Waals surface area contributed by atoms with Crippen LogP contribution < -0.4 is 4.90 Å². The Hall–Kier alpha value is -0.940. The number of rotatable bonds is 2. The molecule has 5 heteroatoms. The van der Waals surface area contributed by atoms with Gasteiger partial charge in [-0.25, -0.2) is 4.39 Å². The van der Waals surface area contributed by atoms with Crippen LogP contribution in [0.5, 0.6) is 0 Å². The lowest BCUT2D eigenvalue weighted by molar-refractivity contribution is 0.281. The fourth-order valence-electron chi connectivity index (χ4n) is 1.87. The minimum absolute atomic E-state index is 0.174. The number of aliphatic hydroxyl groups excluding tert-OH is 1. The molecule has 0 spiro atoms. The molecule has 0 aromatic heterocycles. The third-order valence-corrected chi connectivity index (χ3v) is 4.01. The molecule has 0 aliphatic carbocycles. The first-order valence-electron chi connectivity index (χ1n) is 5.20. The van der Waals surface area contributed by atoms with Gasteiger partial charge in [-0.2, -0.15) is 0 Å². The molecular weight excluding hydrogens is 229 g/mol. The molecule has 1 saturated heterocycles. The van der Waals surface area contributed by atoms with Crippen molar-refractivity contribution in [1.82, 2.24) is 0 Å². The molecule has 1 heterocycles. The predicted octanol–water partition coefficient (Wildman–Crippen LogP) is 0.887. The Labute approximate surface area is 96.3 Å². The van der Waals surface area contributed by atoms with Crippen LogP contribution in [0.2, 0.25) is 0 Å². The lowest BCUT2D eigenvalue weighted by Crippen LogP contribution is -2.38. The molecule has 1 fully saturated rings. The van der Waals surface area contributed by atoms with E-state index in [4.69, 9.17) is 0 Å². The van der Waals surface area contributed by atoms with E-state index in [0.29, 0.717) is 30.2 Å². The van der Waals surface area contributed by atoms with E-state index >= 15 is 0 Å². The van der Waals surface area contributed by atoms with Gasteiger partial charge in [-0.05, 0) is 18.2 Å². The van der Waals surface area contributed by atoms with Crippen LogP contribution in [0.4, 0.5) is 10.1 Å². The third kappa shape index (κ3) is 2.41. The highest BCUT2D eigenvalue weighted by atomic mass is 32.2. The highest BCUT2D eigenvalue weighted by molar-refractivity contribution is 7.85. The fourth-order valence-corrected chi connectivity index (χ4v) is 2.92. The molecule has 0 bridgehead atoms. The van der Waals surface area contributed by atoms with E-state index in [-0.39, 0.29) is 12.4 Å². The number of hydrogen-bond donors (Lipinski definition) is 1. The summed E-state index contributed by atoms with van der Waals surface area (Å²) in [6.07, 6.45) is 0. The van der Waals surface area contributed by atoms with Gasteiger partial charge in [-0.3, -0.25) is 4.21 Å². The maximum Gasteiger partial charge on any atom is 0.123 e. The van der Waals surface area contributed by atoms with Crippen LogP contribution in [0.3, 0.4) is 0 Å². The largest absolute Gasteiger partial charge is 0.392 e. The van der Waals surface area contributed by atoms with Gasteiger partial charge in [0, 0.05) is 46.6 Å². The summed E-state index contributed by atoms with van der Waals surface area (Å²) in [4.78, 5) is 2.05. The summed E-state index contributed by atoms with van der Waals surface area (Å²) in [5.74, 6) is 0.943. The molecule has 1 aromatic carbocycles. The minimum atomic E-state index is -0.726. The minimum Gasteiger partial charge on any atom is -0.392 e. The van der Waals surface area contributed by atoms with E-state index in [9.17, 15) is 13.7 Å². The van der Waals surface area contributed by atoms with E-state index in [1.807, 2.05) is 4.90 Å². The topological polar surface area (TPSA) is 40.5 Å². The van der Waals surface area contributed by atoms with E-state index in [0.717, 1.165) is 5.69 Å². The molecule has 3 nitrogen and oxygen atoms in total. The lowest BCUT2D eigenvalue weighted by Gasteiger charge is -2.30. The zero-order chi connectivity index (χ0) is 11.5. The van der Waals surface area contributed by atoms with Crippen LogP contribution >= 0.6 is 0 Å². The first kappa shape index (κ1) is 11.5. The molecule has 1 aromatic rings. The summed E-state index contributed by atoms with van der Waals surface area (Å²) in [5, 5.41) is 9.17. The molecule has 1 aliphatic rings. The van der Waals surface area contributed by atoms with E-state index in [1.165, 1.54) is 12.1 Å². The van der Waals surface area contributed by atoms with Crippen LogP contribution in [-0.4, -0.2) is 33.9 Å². The summed E-state index contributed by atoms with van der Waals surface area (Å²) in [6, 6.07) is 4.41. The van der Waals surface area contributed by atoms with Crippen LogP contribution in [-0.2, 0) is 17.4 Å².